The van der Waals surface area contributed by atoms with Gasteiger partial charge in [0.1, 0.15) is 11.3 Å². The molecule has 0 bridgehead atoms. The van der Waals surface area contributed by atoms with Crippen LogP contribution in [0.4, 0.5) is 4.39 Å². The Morgan fingerprint density at radius 1 is 1.36 bits per heavy atom. The van der Waals surface area contributed by atoms with Crippen molar-refractivity contribution >= 4 is 21.6 Å². The van der Waals surface area contributed by atoms with E-state index in [1.165, 1.54) is 6.07 Å². The summed E-state index contributed by atoms with van der Waals surface area (Å²) in [6.45, 7) is 6.14. The van der Waals surface area contributed by atoms with E-state index in [-0.39, 0.29) is 5.82 Å². The first-order chi connectivity index (χ1) is 6.59. The molecule has 0 aliphatic rings. The van der Waals surface area contributed by atoms with Crippen LogP contribution in [-0.4, -0.2) is 4.98 Å². The van der Waals surface area contributed by atoms with E-state index in [0.29, 0.717) is 11.4 Å². The zero-order chi connectivity index (χ0) is 10.3. The molecule has 0 spiro atoms. The lowest BCUT2D eigenvalue weighted by molar-refractivity contribution is 0.636. The van der Waals surface area contributed by atoms with Gasteiger partial charge in [0.25, 0.3) is 0 Å². The summed E-state index contributed by atoms with van der Waals surface area (Å²) in [7, 11) is 0. The van der Waals surface area contributed by atoms with Gasteiger partial charge in [0.2, 0.25) is 0 Å². The fourth-order valence-corrected chi connectivity index (χ4v) is 2.42. The first kappa shape index (κ1) is 9.59. The molecule has 2 aromatic rings. The molecule has 2 rings (SSSR count). The third-order valence-electron chi connectivity index (χ3n) is 2.20. The second kappa shape index (κ2) is 3.31. The van der Waals surface area contributed by atoms with Crippen LogP contribution < -0.4 is 0 Å². The third-order valence-corrected chi connectivity index (χ3v) is 3.69. The molecule has 0 saturated heterocycles. The lowest BCUT2D eigenvalue weighted by atomic mass is 10.2. The molecule has 0 N–H and O–H groups in total. The predicted molar refractivity (Wildman–Crippen MR) is 58.4 cm³/mol. The van der Waals surface area contributed by atoms with Gasteiger partial charge in [-0.3, -0.25) is 0 Å². The van der Waals surface area contributed by atoms with E-state index in [1.54, 1.807) is 17.4 Å². The third kappa shape index (κ3) is 1.42. The number of aryl methyl sites for hydroxylation is 1. The van der Waals surface area contributed by atoms with Gasteiger partial charge in [-0.05, 0) is 18.6 Å². The second-order valence-corrected chi connectivity index (χ2v) is 4.78. The Hall–Kier alpha value is -0.960. The number of rotatable bonds is 1. The van der Waals surface area contributed by atoms with Crippen molar-refractivity contribution in [2.24, 2.45) is 0 Å². The lowest BCUT2D eigenvalue weighted by Crippen LogP contribution is -1.84. The van der Waals surface area contributed by atoms with Crippen LogP contribution >= 0.6 is 11.3 Å². The predicted octanol–water partition coefficient (Wildman–Crippen LogP) is 3.87. The maximum absolute atomic E-state index is 13.4. The van der Waals surface area contributed by atoms with E-state index in [0.717, 1.165) is 15.3 Å². The van der Waals surface area contributed by atoms with Crippen LogP contribution in [0.5, 0.6) is 0 Å². The average Bonchev–Trinajstić information content (AvgIpc) is 2.57. The van der Waals surface area contributed by atoms with Crippen LogP contribution in [0.3, 0.4) is 0 Å². The van der Waals surface area contributed by atoms with Crippen LogP contribution in [0, 0.1) is 12.7 Å². The largest absolute Gasteiger partial charge is 0.238 e. The van der Waals surface area contributed by atoms with Gasteiger partial charge in [0, 0.05) is 5.92 Å². The van der Waals surface area contributed by atoms with Crippen LogP contribution in [0.25, 0.3) is 10.2 Å². The minimum atomic E-state index is -0.214. The van der Waals surface area contributed by atoms with Gasteiger partial charge in [-0.15, -0.1) is 11.3 Å². The summed E-state index contributed by atoms with van der Waals surface area (Å²) in [5, 5.41) is 1.01. The van der Waals surface area contributed by atoms with Gasteiger partial charge < -0.3 is 0 Å². The first-order valence-corrected chi connectivity index (χ1v) is 5.46. The Morgan fingerprint density at radius 3 is 2.64 bits per heavy atom. The zero-order valence-corrected chi connectivity index (χ0v) is 9.28. The Labute approximate surface area is 86.6 Å². The maximum Gasteiger partial charge on any atom is 0.150 e. The minimum absolute atomic E-state index is 0.214. The van der Waals surface area contributed by atoms with Crippen molar-refractivity contribution in [3.63, 3.8) is 0 Å². The number of aromatic nitrogens is 1. The number of benzene rings is 1. The SMILES string of the molecule is Cc1ccc(F)c2nc(C(C)C)sc12. The molecule has 0 fully saturated rings. The molecule has 0 atom stereocenters. The highest BCUT2D eigenvalue weighted by Gasteiger charge is 2.11. The van der Waals surface area contributed by atoms with E-state index in [2.05, 4.69) is 18.8 Å². The van der Waals surface area contributed by atoms with Gasteiger partial charge in [-0.2, -0.15) is 0 Å². The molecule has 1 aromatic carbocycles. The first-order valence-electron chi connectivity index (χ1n) is 4.65. The highest BCUT2D eigenvalue weighted by atomic mass is 32.1. The number of halogens is 1. The summed E-state index contributed by atoms with van der Waals surface area (Å²) >= 11 is 1.60. The van der Waals surface area contributed by atoms with E-state index < -0.39 is 0 Å². The summed E-state index contributed by atoms with van der Waals surface area (Å²) in [6.07, 6.45) is 0. The monoisotopic (exact) mass is 209 g/mol. The number of hydrogen-bond donors (Lipinski definition) is 0. The van der Waals surface area contributed by atoms with Gasteiger partial charge in [-0.1, -0.05) is 19.9 Å². The molecule has 0 amide bonds. The zero-order valence-electron chi connectivity index (χ0n) is 8.47. The summed E-state index contributed by atoms with van der Waals surface area (Å²) in [6, 6.07) is 3.29. The number of nitrogens with zero attached hydrogens (tertiary/aromatic N) is 1. The van der Waals surface area contributed by atoms with E-state index in [9.17, 15) is 4.39 Å². The van der Waals surface area contributed by atoms with E-state index >= 15 is 0 Å². The second-order valence-electron chi connectivity index (χ2n) is 3.75. The van der Waals surface area contributed by atoms with Gasteiger partial charge in [0.15, 0.2) is 0 Å². The fourth-order valence-electron chi connectivity index (χ4n) is 1.37. The molecule has 0 aliphatic heterocycles. The highest BCUT2D eigenvalue weighted by molar-refractivity contribution is 7.18. The lowest BCUT2D eigenvalue weighted by Gasteiger charge is -1.94. The van der Waals surface area contributed by atoms with Crippen molar-refractivity contribution in [3.8, 4) is 0 Å². The molecule has 14 heavy (non-hydrogen) atoms. The quantitative estimate of drug-likeness (QED) is 0.694. The highest BCUT2D eigenvalue weighted by Crippen LogP contribution is 2.30. The molecule has 0 aliphatic carbocycles. The minimum Gasteiger partial charge on any atom is -0.238 e. The topological polar surface area (TPSA) is 12.9 Å². The molecule has 3 heteroatoms. The molecule has 1 aromatic heterocycles. The average molecular weight is 209 g/mol. The summed E-state index contributed by atoms with van der Waals surface area (Å²) in [4.78, 5) is 4.32. The van der Waals surface area contributed by atoms with Crippen molar-refractivity contribution in [1.82, 2.24) is 4.98 Å². The molecule has 1 heterocycles. The van der Waals surface area contributed by atoms with Gasteiger partial charge in [0.05, 0.1) is 9.71 Å². The van der Waals surface area contributed by atoms with Crippen LogP contribution in [0.1, 0.15) is 30.3 Å². The molecular formula is C11H12FNS. The van der Waals surface area contributed by atoms with E-state index in [4.69, 9.17) is 0 Å². The molecule has 0 radical (unpaired) electrons. The molecular weight excluding hydrogens is 197 g/mol. The Balaban J connectivity index is 2.75. The molecule has 0 saturated carbocycles. The van der Waals surface area contributed by atoms with Gasteiger partial charge in [-0.25, -0.2) is 9.37 Å². The standard InChI is InChI=1S/C11H12FNS/c1-6(2)11-13-9-8(12)5-4-7(3)10(9)14-11/h4-6H,1-3H3. The normalized spacial score (nSPS) is 11.5. The Morgan fingerprint density at radius 2 is 2.07 bits per heavy atom. The number of fused-ring (bicyclic) bond motifs is 1. The van der Waals surface area contributed by atoms with E-state index in [1.807, 2.05) is 6.92 Å². The molecule has 74 valence electrons. The number of thiazole rings is 1. The van der Waals surface area contributed by atoms with Crippen LogP contribution in [-0.2, 0) is 0 Å². The summed E-state index contributed by atoms with van der Waals surface area (Å²) < 4.78 is 14.4. The fraction of sp³-hybridized carbons (Fsp3) is 0.364. The van der Waals surface area contributed by atoms with Crippen molar-refractivity contribution in [3.05, 3.63) is 28.5 Å². The van der Waals surface area contributed by atoms with Crippen molar-refractivity contribution < 1.29 is 4.39 Å². The van der Waals surface area contributed by atoms with Gasteiger partial charge >= 0.3 is 0 Å². The maximum atomic E-state index is 13.4. The van der Waals surface area contributed by atoms with Crippen LogP contribution in [0.2, 0.25) is 0 Å². The summed E-state index contributed by atoms with van der Waals surface area (Å²) in [5.74, 6) is 0.153. The molecule has 1 nitrogen and oxygen atoms in total. The Kier molecular flexibility index (Phi) is 2.27. The smallest absolute Gasteiger partial charge is 0.150 e. The van der Waals surface area contributed by atoms with Crippen molar-refractivity contribution in [2.45, 2.75) is 26.7 Å². The van der Waals surface area contributed by atoms with Crippen LogP contribution in [0.15, 0.2) is 12.1 Å². The Bertz CT molecular complexity index is 434. The molecule has 0 unspecified atom stereocenters. The van der Waals surface area contributed by atoms with Crippen molar-refractivity contribution in [2.75, 3.05) is 0 Å². The number of hydrogen-bond acceptors (Lipinski definition) is 2. The van der Waals surface area contributed by atoms with Crippen molar-refractivity contribution in [1.29, 1.82) is 0 Å². The summed E-state index contributed by atoms with van der Waals surface area (Å²) in [5.41, 5.74) is 1.63.